The van der Waals surface area contributed by atoms with Crippen molar-refractivity contribution in [3.8, 4) is 0 Å². The van der Waals surface area contributed by atoms with Crippen molar-refractivity contribution in [2.45, 2.75) is 5.51 Å². The smallest absolute Gasteiger partial charge is 0.216 e. The Morgan fingerprint density at radius 1 is 1.25 bits per heavy atom. The van der Waals surface area contributed by atoms with Gasteiger partial charge in [-0.1, -0.05) is 0 Å². The molecule has 0 spiro atoms. The van der Waals surface area contributed by atoms with Crippen LogP contribution in [0.2, 0.25) is 0 Å². The average Bonchev–Trinajstić information content (AvgIpc) is 1.25. The maximum atomic E-state index is 11.0. The van der Waals surface area contributed by atoms with E-state index in [1.807, 2.05) is 0 Å². The van der Waals surface area contributed by atoms with Crippen LogP contribution in [0.4, 0.5) is 13.2 Å². The van der Waals surface area contributed by atoms with Crippen LogP contribution in [-0.4, -0.2) is 13.9 Å². The third-order valence-corrected chi connectivity index (χ3v) is 1.77. The van der Waals surface area contributed by atoms with E-state index in [-0.39, 0.29) is 0 Å². The van der Waals surface area contributed by atoms with Gasteiger partial charge in [0, 0.05) is 0 Å². The lowest BCUT2D eigenvalue weighted by Crippen LogP contribution is -2.15. The Kier molecular flexibility index (Phi) is 1.88. The van der Waals surface area contributed by atoms with Crippen LogP contribution in [0, 0.1) is 0 Å². The lowest BCUT2D eigenvalue weighted by atomic mass is 11.6. The highest BCUT2D eigenvalue weighted by atomic mass is 32.7. The highest BCUT2D eigenvalue weighted by Gasteiger charge is 2.41. The largest absolute Gasteiger partial charge is 0.500 e. The topological polar surface area (TPSA) is 34.1 Å². The zero-order chi connectivity index (χ0) is 7.00. The normalized spacial score (nSPS) is 14.0. The van der Waals surface area contributed by atoms with Gasteiger partial charge in [0.15, 0.2) is 0 Å². The fourth-order valence-corrected chi connectivity index (χ4v) is 0. The van der Waals surface area contributed by atoms with E-state index in [0.29, 0.717) is 8.44 Å². The summed E-state index contributed by atoms with van der Waals surface area (Å²) >= 11 is 0. The Bertz CT molecular complexity index is 166. The van der Waals surface area contributed by atoms with Crippen LogP contribution in [0.15, 0.2) is 0 Å². The fourth-order valence-electron chi connectivity index (χ4n) is 0. The number of hydrogen-bond donors (Lipinski definition) is 0. The predicted molar refractivity (Wildman–Crippen MR) is 24.7 cm³/mol. The summed E-state index contributed by atoms with van der Waals surface area (Å²) in [5.74, 6) is 0. The molecule has 0 aliphatic rings. The molecule has 0 N–H and O–H groups in total. The lowest BCUT2D eigenvalue weighted by molar-refractivity contribution is -0.0410. The summed E-state index contributed by atoms with van der Waals surface area (Å²) in [6.07, 6.45) is 0. The third kappa shape index (κ3) is 1.96. The molecule has 0 aromatic heterocycles. The molecule has 0 rings (SSSR count). The van der Waals surface area contributed by atoms with Crippen molar-refractivity contribution in [3.05, 3.63) is 0 Å². The number of alkyl halides is 3. The first-order valence-corrected chi connectivity index (χ1v) is 4.30. The van der Waals surface area contributed by atoms with E-state index in [2.05, 4.69) is 0 Å². The van der Waals surface area contributed by atoms with Crippen LogP contribution >= 0.6 is 8.44 Å². The molecule has 0 aromatic rings. The number of hydrogen-bond acceptors (Lipinski definition) is 2. The lowest BCUT2D eigenvalue weighted by Gasteiger charge is -1.99. The summed E-state index contributed by atoms with van der Waals surface area (Å²) in [5, 5.41) is 0. The van der Waals surface area contributed by atoms with Crippen molar-refractivity contribution in [2.75, 3.05) is 0 Å². The Morgan fingerprint density at radius 3 is 1.38 bits per heavy atom. The Hall–Kier alpha value is 0.170. The van der Waals surface area contributed by atoms with Gasteiger partial charge in [0.25, 0.3) is 9.46 Å². The van der Waals surface area contributed by atoms with Gasteiger partial charge in [-0.2, -0.15) is 13.2 Å². The Balaban J connectivity index is 4.53. The molecular weight excluding hydrogens is 164 g/mol. The average molecular weight is 166 g/mol. The molecule has 7 heteroatoms. The molecule has 0 amide bonds. The van der Waals surface area contributed by atoms with Gasteiger partial charge in [-0.15, -0.1) is 0 Å². The van der Waals surface area contributed by atoms with Crippen LogP contribution in [0.3, 0.4) is 0 Å². The Labute approximate surface area is 45.9 Å². The van der Waals surface area contributed by atoms with Crippen molar-refractivity contribution in [1.29, 1.82) is 0 Å². The number of rotatable bonds is 0. The molecule has 0 heterocycles. The summed E-state index contributed by atoms with van der Waals surface area (Å²) in [4.78, 5) is 0. The first-order chi connectivity index (χ1) is 3.25. The summed E-state index contributed by atoms with van der Waals surface area (Å²) < 4.78 is 51.8. The summed E-state index contributed by atoms with van der Waals surface area (Å²) in [7, 11) is -4.22. The van der Waals surface area contributed by atoms with E-state index in [4.69, 9.17) is 0 Å². The second-order valence-corrected chi connectivity index (χ2v) is 4.41. The second-order valence-electron chi connectivity index (χ2n) is 0.991. The monoisotopic (exact) mass is 166 g/mol. The maximum absolute atomic E-state index is 11.0. The van der Waals surface area contributed by atoms with E-state index in [1.54, 1.807) is 0 Å². The molecule has 8 heavy (non-hydrogen) atoms. The molecule has 0 bridgehead atoms. The van der Waals surface area contributed by atoms with E-state index >= 15 is 0 Å². The predicted octanol–water partition coefficient (Wildman–Crippen LogP) is 0.711. The molecule has 0 aliphatic carbocycles. The molecule has 50 valence electrons. The minimum atomic E-state index is -5.13. The van der Waals surface area contributed by atoms with Crippen LogP contribution in [0.5, 0.6) is 0 Å². The van der Waals surface area contributed by atoms with Gasteiger partial charge in [0.1, 0.15) is 0 Å². The van der Waals surface area contributed by atoms with Gasteiger partial charge < -0.3 is 0 Å². The maximum Gasteiger partial charge on any atom is 0.500 e. The minimum absolute atomic E-state index is 0.708. The van der Waals surface area contributed by atoms with Gasteiger partial charge >= 0.3 is 5.51 Å². The van der Waals surface area contributed by atoms with E-state index in [9.17, 15) is 21.6 Å². The van der Waals surface area contributed by atoms with E-state index in [1.165, 1.54) is 0 Å². The van der Waals surface area contributed by atoms with Crippen LogP contribution in [0.25, 0.3) is 0 Å². The minimum Gasteiger partial charge on any atom is -0.216 e. The van der Waals surface area contributed by atoms with Crippen molar-refractivity contribution < 1.29 is 21.6 Å². The second kappa shape index (κ2) is 1.84. The highest BCUT2D eigenvalue weighted by molar-refractivity contribution is 8.38. The SMILES string of the molecule is O=S(=O)(P)C(F)(F)F. The van der Waals surface area contributed by atoms with Crippen molar-refractivity contribution in [3.63, 3.8) is 0 Å². The Morgan fingerprint density at radius 2 is 1.38 bits per heavy atom. The van der Waals surface area contributed by atoms with E-state index < -0.39 is 15.0 Å². The van der Waals surface area contributed by atoms with Gasteiger partial charge in [0.2, 0.25) is 0 Å². The molecule has 1 unspecified atom stereocenters. The van der Waals surface area contributed by atoms with Gasteiger partial charge in [-0.25, -0.2) is 8.42 Å². The van der Waals surface area contributed by atoms with Crippen LogP contribution < -0.4 is 0 Å². The summed E-state index contributed by atoms with van der Waals surface area (Å²) in [5.41, 5.74) is -5.13. The van der Waals surface area contributed by atoms with Crippen LogP contribution in [-0.2, 0) is 9.46 Å². The summed E-state index contributed by atoms with van der Waals surface area (Å²) in [6.45, 7) is 0. The highest BCUT2D eigenvalue weighted by Crippen LogP contribution is 2.27. The molecule has 0 saturated carbocycles. The first-order valence-electron chi connectivity index (χ1n) is 1.34. The van der Waals surface area contributed by atoms with Crippen LogP contribution in [0.1, 0.15) is 0 Å². The zero-order valence-corrected chi connectivity index (χ0v) is 5.41. The molecule has 0 saturated heterocycles. The standard InChI is InChI=1S/CH2F3O2PS/c2-1(3,4)8(5,6)7/h7H2. The van der Waals surface area contributed by atoms with Gasteiger partial charge in [-0.3, -0.25) is 0 Å². The molecular formula is CH2F3O2PS. The quantitative estimate of drug-likeness (QED) is 0.496. The fraction of sp³-hybridized carbons (Fsp3) is 1.00. The van der Waals surface area contributed by atoms with Gasteiger partial charge in [0.05, 0.1) is 0 Å². The van der Waals surface area contributed by atoms with Crippen molar-refractivity contribution >= 4 is 17.9 Å². The van der Waals surface area contributed by atoms with Crippen molar-refractivity contribution in [2.24, 2.45) is 0 Å². The van der Waals surface area contributed by atoms with Gasteiger partial charge in [-0.05, 0) is 8.44 Å². The molecule has 0 aromatic carbocycles. The zero-order valence-electron chi connectivity index (χ0n) is 3.44. The third-order valence-electron chi connectivity index (χ3n) is 0.323. The molecule has 0 fully saturated rings. The number of halogens is 3. The molecule has 0 aliphatic heterocycles. The molecule has 0 radical (unpaired) electrons. The van der Waals surface area contributed by atoms with Crippen molar-refractivity contribution in [1.82, 2.24) is 0 Å². The summed E-state index contributed by atoms with van der Waals surface area (Å²) in [6, 6.07) is 0. The first kappa shape index (κ1) is 8.17. The molecule has 1 atom stereocenters. The molecule has 2 nitrogen and oxygen atoms in total. The van der Waals surface area contributed by atoms with E-state index in [0.717, 1.165) is 0 Å².